The van der Waals surface area contributed by atoms with Crippen molar-refractivity contribution in [3.63, 3.8) is 0 Å². The molecular formula is C21H24ClF3N2O2. The van der Waals surface area contributed by atoms with Crippen molar-refractivity contribution in [1.82, 2.24) is 0 Å². The van der Waals surface area contributed by atoms with Gasteiger partial charge in [-0.1, -0.05) is 29.8 Å². The van der Waals surface area contributed by atoms with Crippen LogP contribution in [-0.4, -0.2) is 12.5 Å². The SMILES string of the molecule is Cc1ccc(C2OCCCC2C(=O)Nc2cc(CN)cc(C(F)(F)F)c2)cc1.Cl. The van der Waals surface area contributed by atoms with Gasteiger partial charge in [-0.15, -0.1) is 12.4 Å². The van der Waals surface area contributed by atoms with Crippen molar-refractivity contribution in [3.8, 4) is 0 Å². The van der Waals surface area contributed by atoms with Crippen molar-refractivity contribution in [2.75, 3.05) is 11.9 Å². The summed E-state index contributed by atoms with van der Waals surface area (Å²) >= 11 is 0. The molecule has 29 heavy (non-hydrogen) atoms. The molecule has 3 rings (SSSR count). The van der Waals surface area contributed by atoms with E-state index < -0.39 is 23.8 Å². The van der Waals surface area contributed by atoms with Gasteiger partial charge in [0.25, 0.3) is 0 Å². The zero-order valence-corrected chi connectivity index (χ0v) is 16.8. The molecule has 1 amide bonds. The van der Waals surface area contributed by atoms with E-state index >= 15 is 0 Å². The average Bonchev–Trinajstić information content (AvgIpc) is 2.67. The molecule has 4 nitrogen and oxygen atoms in total. The van der Waals surface area contributed by atoms with Crippen LogP contribution < -0.4 is 11.1 Å². The van der Waals surface area contributed by atoms with Crippen LogP contribution in [0.2, 0.25) is 0 Å². The molecule has 8 heteroatoms. The molecule has 0 radical (unpaired) electrons. The van der Waals surface area contributed by atoms with E-state index in [0.29, 0.717) is 18.6 Å². The van der Waals surface area contributed by atoms with Gasteiger partial charge in [-0.05, 0) is 49.1 Å². The van der Waals surface area contributed by atoms with Gasteiger partial charge in [-0.3, -0.25) is 4.79 Å². The fourth-order valence-corrected chi connectivity index (χ4v) is 3.41. The Morgan fingerprint density at radius 2 is 1.90 bits per heavy atom. The summed E-state index contributed by atoms with van der Waals surface area (Å²) < 4.78 is 45.2. The van der Waals surface area contributed by atoms with Crippen molar-refractivity contribution < 1.29 is 22.7 Å². The van der Waals surface area contributed by atoms with E-state index in [1.54, 1.807) is 0 Å². The maximum absolute atomic E-state index is 13.1. The average molecular weight is 429 g/mol. The van der Waals surface area contributed by atoms with E-state index in [2.05, 4.69) is 5.32 Å². The Balaban J connectivity index is 0.00000300. The van der Waals surface area contributed by atoms with Crippen LogP contribution in [0.25, 0.3) is 0 Å². The molecule has 158 valence electrons. The van der Waals surface area contributed by atoms with Gasteiger partial charge in [0.1, 0.15) is 0 Å². The molecule has 2 unspecified atom stereocenters. The molecule has 2 aromatic carbocycles. The third kappa shape index (κ3) is 5.72. The number of hydrogen-bond acceptors (Lipinski definition) is 3. The monoisotopic (exact) mass is 428 g/mol. The van der Waals surface area contributed by atoms with Crippen LogP contribution in [0, 0.1) is 12.8 Å². The van der Waals surface area contributed by atoms with Gasteiger partial charge >= 0.3 is 6.18 Å². The fourth-order valence-electron chi connectivity index (χ4n) is 3.41. The summed E-state index contributed by atoms with van der Waals surface area (Å²) in [5, 5.41) is 2.64. The first-order valence-electron chi connectivity index (χ1n) is 9.18. The number of alkyl halides is 3. The normalized spacial score (nSPS) is 19.3. The fraction of sp³-hybridized carbons (Fsp3) is 0.381. The van der Waals surface area contributed by atoms with Crippen LogP contribution in [0.1, 0.15) is 41.2 Å². The first-order valence-corrected chi connectivity index (χ1v) is 9.18. The second kappa shape index (κ2) is 9.61. The lowest BCUT2D eigenvalue weighted by atomic mass is 9.88. The van der Waals surface area contributed by atoms with Crippen LogP contribution in [0.4, 0.5) is 18.9 Å². The Hall–Kier alpha value is -2.09. The number of anilines is 1. The largest absolute Gasteiger partial charge is 0.416 e. The summed E-state index contributed by atoms with van der Waals surface area (Å²) in [6.07, 6.45) is -3.61. The number of carbonyl (C=O) groups is 1. The highest BCUT2D eigenvalue weighted by atomic mass is 35.5. The number of amides is 1. The summed E-state index contributed by atoms with van der Waals surface area (Å²) in [6.45, 7) is 2.47. The van der Waals surface area contributed by atoms with Crippen LogP contribution >= 0.6 is 12.4 Å². The first kappa shape index (κ1) is 23.2. The van der Waals surface area contributed by atoms with Crippen molar-refractivity contribution >= 4 is 24.0 Å². The summed E-state index contributed by atoms with van der Waals surface area (Å²) in [7, 11) is 0. The van der Waals surface area contributed by atoms with Gasteiger partial charge in [0.2, 0.25) is 5.91 Å². The molecule has 0 aromatic heterocycles. The van der Waals surface area contributed by atoms with Crippen molar-refractivity contribution in [2.24, 2.45) is 11.7 Å². The highest BCUT2D eigenvalue weighted by Crippen LogP contribution is 2.36. The van der Waals surface area contributed by atoms with E-state index in [-0.39, 0.29) is 30.5 Å². The second-order valence-electron chi connectivity index (χ2n) is 7.06. The molecule has 1 saturated heterocycles. The molecule has 0 saturated carbocycles. The Kier molecular flexibility index (Phi) is 7.68. The van der Waals surface area contributed by atoms with Gasteiger partial charge in [0.15, 0.2) is 0 Å². The summed E-state index contributed by atoms with van der Waals surface area (Å²) in [6, 6.07) is 11.1. The smallest absolute Gasteiger partial charge is 0.373 e. The first-order chi connectivity index (χ1) is 13.3. The Morgan fingerprint density at radius 3 is 2.52 bits per heavy atom. The zero-order valence-electron chi connectivity index (χ0n) is 16.0. The minimum absolute atomic E-state index is 0. The third-order valence-corrected chi connectivity index (χ3v) is 4.89. The van der Waals surface area contributed by atoms with Crippen LogP contribution in [-0.2, 0) is 22.3 Å². The standard InChI is InChI=1S/C21H23F3N2O2.ClH/c1-13-4-6-15(7-5-13)19-18(3-2-8-28-19)20(27)26-17-10-14(12-25)9-16(11-17)21(22,23)24;/h4-7,9-11,18-19H,2-3,8,12,25H2,1H3,(H,26,27);1H. The lowest BCUT2D eigenvalue weighted by Crippen LogP contribution is -2.33. The minimum atomic E-state index is -4.51. The molecular weight excluding hydrogens is 405 g/mol. The van der Waals surface area contributed by atoms with Crippen molar-refractivity contribution in [1.29, 1.82) is 0 Å². The summed E-state index contributed by atoms with van der Waals surface area (Å²) in [4.78, 5) is 12.9. The van der Waals surface area contributed by atoms with Crippen LogP contribution in [0.15, 0.2) is 42.5 Å². The van der Waals surface area contributed by atoms with E-state index in [4.69, 9.17) is 10.5 Å². The number of rotatable bonds is 4. The molecule has 2 aromatic rings. The number of nitrogens with one attached hydrogen (secondary N) is 1. The van der Waals surface area contributed by atoms with Gasteiger partial charge in [-0.2, -0.15) is 13.2 Å². The van der Waals surface area contributed by atoms with E-state index in [9.17, 15) is 18.0 Å². The van der Waals surface area contributed by atoms with Crippen LogP contribution in [0.3, 0.4) is 0 Å². The molecule has 0 aliphatic carbocycles. The van der Waals surface area contributed by atoms with Gasteiger partial charge in [0, 0.05) is 18.8 Å². The van der Waals surface area contributed by atoms with Crippen LogP contribution in [0.5, 0.6) is 0 Å². The summed E-state index contributed by atoms with van der Waals surface area (Å²) in [5.74, 6) is -0.833. The molecule has 1 heterocycles. The predicted octanol–water partition coefficient (Wildman–Crippen LogP) is 5.00. The highest BCUT2D eigenvalue weighted by Gasteiger charge is 2.34. The molecule has 1 aliphatic rings. The van der Waals surface area contributed by atoms with E-state index in [1.165, 1.54) is 6.07 Å². The molecule has 2 atom stereocenters. The Morgan fingerprint density at radius 1 is 1.21 bits per heavy atom. The lowest BCUT2D eigenvalue weighted by molar-refractivity contribution is -0.137. The number of halogens is 4. The molecule has 0 bridgehead atoms. The maximum Gasteiger partial charge on any atom is 0.416 e. The minimum Gasteiger partial charge on any atom is -0.373 e. The topological polar surface area (TPSA) is 64.3 Å². The molecule has 1 aliphatic heterocycles. The number of benzene rings is 2. The number of hydrogen-bond donors (Lipinski definition) is 2. The Labute approximate surface area is 174 Å². The highest BCUT2D eigenvalue weighted by molar-refractivity contribution is 5.93. The molecule has 3 N–H and O–H groups in total. The van der Waals surface area contributed by atoms with Crippen molar-refractivity contribution in [2.45, 2.75) is 38.6 Å². The molecule has 1 fully saturated rings. The zero-order chi connectivity index (χ0) is 20.3. The maximum atomic E-state index is 13.1. The third-order valence-electron chi connectivity index (χ3n) is 4.89. The van der Waals surface area contributed by atoms with Gasteiger partial charge in [0.05, 0.1) is 17.6 Å². The van der Waals surface area contributed by atoms with E-state index in [0.717, 1.165) is 29.7 Å². The number of nitrogens with two attached hydrogens (primary N) is 1. The number of carbonyl (C=O) groups excluding carboxylic acids is 1. The lowest BCUT2D eigenvalue weighted by Gasteiger charge is -2.31. The quantitative estimate of drug-likeness (QED) is 0.720. The Bertz CT molecular complexity index is 841. The van der Waals surface area contributed by atoms with Crippen molar-refractivity contribution in [3.05, 3.63) is 64.7 Å². The number of ether oxygens (including phenoxy) is 1. The predicted molar refractivity (Wildman–Crippen MR) is 108 cm³/mol. The number of aryl methyl sites for hydroxylation is 1. The second-order valence-corrected chi connectivity index (χ2v) is 7.06. The van der Waals surface area contributed by atoms with Gasteiger partial charge in [-0.25, -0.2) is 0 Å². The van der Waals surface area contributed by atoms with E-state index in [1.807, 2.05) is 31.2 Å². The van der Waals surface area contributed by atoms with Gasteiger partial charge < -0.3 is 15.8 Å². The molecule has 0 spiro atoms. The summed E-state index contributed by atoms with van der Waals surface area (Å²) in [5.41, 5.74) is 7.06.